The Morgan fingerprint density at radius 1 is 0.966 bits per heavy atom. The van der Waals surface area contributed by atoms with E-state index in [1.165, 1.54) is 33.4 Å². The van der Waals surface area contributed by atoms with E-state index in [4.69, 9.17) is 3.98 Å². The molecule has 3 heteroatoms. The summed E-state index contributed by atoms with van der Waals surface area (Å²) in [6.07, 6.45) is 2.15. The van der Waals surface area contributed by atoms with Crippen LogP contribution in [0.4, 0.5) is 0 Å². The Morgan fingerprint density at radius 2 is 1.55 bits per heavy atom. The van der Waals surface area contributed by atoms with Crippen molar-refractivity contribution in [1.29, 1.82) is 0 Å². The first-order chi connectivity index (χ1) is 13.8. The molecule has 1 aliphatic rings. The fraction of sp³-hybridized carbons (Fsp3) is 0.308. The summed E-state index contributed by atoms with van der Waals surface area (Å²) in [4.78, 5) is 0. The van der Waals surface area contributed by atoms with Gasteiger partial charge in [0, 0.05) is 0 Å². The molecule has 0 atom stereocenters. The molecule has 0 bridgehead atoms. The third-order valence-corrected chi connectivity index (χ3v) is 6.69. The number of benzene rings is 2. The number of aryl methyl sites for hydroxylation is 1. The van der Waals surface area contributed by atoms with Crippen LogP contribution >= 0.6 is 0 Å². The molecular formula is C26H30N2Se. The minimum Gasteiger partial charge on any atom is -0.0683 e. The maximum absolute atomic E-state index is 4.71. The number of hydrogen-bond acceptors (Lipinski definition) is 2. The first kappa shape index (κ1) is 21.5. The maximum Gasteiger partial charge on any atom is -0.0683 e. The standard InChI is InChI=1S/C24H24N2Se.C2H6/c1-7-17(23-22(14(2)3)25-27-26-23)16-9-11-19-18-10-8-15(4)12-20(18)24(5,6)21(19)13-16;1-2/h7-13H,2H2,1,3-6H3;1-2H3/b17-7-;. The molecule has 1 aliphatic carbocycles. The van der Waals surface area contributed by atoms with E-state index in [1.54, 1.807) is 0 Å². The quantitative estimate of drug-likeness (QED) is 0.418. The van der Waals surface area contributed by atoms with Crippen molar-refractivity contribution in [3.8, 4) is 11.1 Å². The van der Waals surface area contributed by atoms with Gasteiger partial charge in [-0.3, -0.25) is 0 Å². The number of hydrogen-bond donors (Lipinski definition) is 0. The van der Waals surface area contributed by atoms with E-state index < -0.39 is 0 Å². The van der Waals surface area contributed by atoms with Gasteiger partial charge in [-0.1, -0.05) is 13.8 Å². The second-order valence-electron chi connectivity index (χ2n) is 7.88. The summed E-state index contributed by atoms with van der Waals surface area (Å²) >= 11 is -0.0678. The van der Waals surface area contributed by atoms with Crippen LogP contribution in [-0.2, 0) is 5.41 Å². The summed E-state index contributed by atoms with van der Waals surface area (Å²) in [7, 11) is 0. The number of rotatable bonds is 3. The van der Waals surface area contributed by atoms with Crippen molar-refractivity contribution in [2.75, 3.05) is 0 Å². The zero-order valence-electron chi connectivity index (χ0n) is 18.6. The second kappa shape index (κ2) is 8.26. The molecule has 29 heavy (non-hydrogen) atoms. The van der Waals surface area contributed by atoms with Gasteiger partial charge in [0.05, 0.1) is 0 Å². The van der Waals surface area contributed by atoms with Crippen LogP contribution in [0.1, 0.15) is 75.2 Å². The largest absolute Gasteiger partial charge is 0.0683 e. The van der Waals surface area contributed by atoms with Gasteiger partial charge in [0.1, 0.15) is 0 Å². The van der Waals surface area contributed by atoms with E-state index in [-0.39, 0.29) is 20.4 Å². The third kappa shape index (κ3) is 3.58. The van der Waals surface area contributed by atoms with E-state index in [1.807, 2.05) is 20.8 Å². The Hall–Kier alpha value is -2.22. The number of aromatic nitrogens is 2. The van der Waals surface area contributed by atoms with Crippen LogP contribution in [0.5, 0.6) is 0 Å². The summed E-state index contributed by atoms with van der Waals surface area (Å²) in [6, 6.07) is 13.7. The topological polar surface area (TPSA) is 25.8 Å². The van der Waals surface area contributed by atoms with Crippen LogP contribution < -0.4 is 0 Å². The number of nitrogens with zero attached hydrogens (tertiary/aromatic N) is 2. The van der Waals surface area contributed by atoms with E-state index in [2.05, 4.69) is 80.7 Å². The zero-order chi connectivity index (χ0) is 21.3. The van der Waals surface area contributed by atoms with Crippen LogP contribution in [0.15, 0.2) is 49.1 Å². The molecule has 0 unspecified atom stereocenters. The van der Waals surface area contributed by atoms with Crippen molar-refractivity contribution in [1.82, 2.24) is 7.96 Å². The average molecular weight is 450 g/mol. The van der Waals surface area contributed by atoms with Crippen molar-refractivity contribution in [3.05, 3.63) is 82.7 Å². The summed E-state index contributed by atoms with van der Waals surface area (Å²) in [5.41, 5.74) is 12.1. The summed E-state index contributed by atoms with van der Waals surface area (Å²) in [6.45, 7) is 19.0. The zero-order valence-corrected chi connectivity index (χ0v) is 20.3. The van der Waals surface area contributed by atoms with Crippen LogP contribution in [0, 0.1) is 6.92 Å². The van der Waals surface area contributed by atoms with Crippen molar-refractivity contribution in [2.24, 2.45) is 0 Å². The number of fused-ring (bicyclic) bond motifs is 3. The molecule has 0 saturated carbocycles. The molecule has 0 radical (unpaired) electrons. The van der Waals surface area contributed by atoms with Crippen molar-refractivity contribution in [2.45, 2.75) is 53.9 Å². The Labute approximate surface area is 181 Å². The van der Waals surface area contributed by atoms with E-state index in [0.29, 0.717) is 0 Å². The molecule has 1 aromatic heterocycles. The Bertz CT molecular complexity index is 1100. The molecule has 2 aromatic carbocycles. The van der Waals surface area contributed by atoms with Crippen LogP contribution in [0.25, 0.3) is 22.3 Å². The van der Waals surface area contributed by atoms with Gasteiger partial charge in [0.25, 0.3) is 0 Å². The maximum atomic E-state index is 4.71. The molecule has 4 rings (SSSR count). The smallest absolute Gasteiger partial charge is 0.0683 e. The van der Waals surface area contributed by atoms with Gasteiger partial charge < -0.3 is 0 Å². The molecular weight excluding hydrogens is 419 g/mol. The fourth-order valence-corrected chi connectivity index (χ4v) is 5.43. The van der Waals surface area contributed by atoms with Gasteiger partial charge in [-0.05, 0) is 0 Å². The van der Waals surface area contributed by atoms with Gasteiger partial charge in [-0.25, -0.2) is 0 Å². The molecule has 0 saturated heterocycles. The SMILES string of the molecule is C=C(C)c1n[se]nc1/C(=C\C)c1ccc2c(c1)C(C)(C)c1cc(C)ccc1-2.CC. The van der Waals surface area contributed by atoms with Gasteiger partial charge in [0.15, 0.2) is 0 Å². The monoisotopic (exact) mass is 450 g/mol. The predicted molar refractivity (Wildman–Crippen MR) is 127 cm³/mol. The Balaban J connectivity index is 0.00000117. The average Bonchev–Trinajstić information content (AvgIpc) is 3.27. The summed E-state index contributed by atoms with van der Waals surface area (Å²) in [5, 5.41) is 0. The molecule has 3 aromatic rings. The van der Waals surface area contributed by atoms with Crippen molar-refractivity contribution in [3.63, 3.8) is 0 Å². The molecule has 1 heterocycles. The molecule has 0 aliphatic heterocycles. The Kier molecular flexibility index (Phi) is 6.12. The van der Waals surface area contributed by atoms with Crippen molar-refractivity contribution >= 4 is 26.1 Å². The molecule has 150 valence electrons. The Morgan fingerprint density at radius 3 is 2.17 bits per heavy atom. The first-order valence-corrected chi connectivity index (χ1v) is 11.8. The number of allylic oxidation sites excluding steroid dienone is 2. The van der Waals surface area contributed by atoms with Gasteiger partial charge >= 0.3 is 168 Å². The molecule has 0 fully saturated rings. The van der Waals surface area contributed by atoms with Crippen LogP contribution in [0.2, 0.25) is 0 Å². The van der Waals surface area contributed by atoms with Gasteiger partial charge in [0.2, 0.25) is 0 Å². The first-order valence-electron chi connectivity index (χ1n) is 10.3. The molecule has 0 N–H and O–H groups in total. The van der Waals surface area contributed by atoms with E-state index >= 15 is 0 Å². The van der Waals surface area contributed by atoms with Gasteiger partial charge in [-0.15, -0.1) is 0 Å². The third-order valence-electron chi connectivity index (χ3n) is 5.58. The molecule has 2 nitrogen and oxygen atoms in total. The summed E-state index contributed by atoms with van der Waals surface area (Å²) < 4.78 is 9.30. The van der Waals surface area contributed by atoms with Gasteiger partial charge in [-0.2, -0.15) is 0 Å². The molecule has 0 amide bonds. The van der Waals surface area contributed by atoms with Crippen LogP contribution in [0.3, 0.4) is 0 Å². The molecule has 0 spiro atoms. The van der Waals surface area contributed by atoms with E-state index in [0.717, 1.165) is 22.5 Å². The van der Waals surface area contributed by atoms with Crippen molar-refractivity contribution < 1.29 is 0 Å². The normalized spacial score (nSPS) is 14.0. The second-order valence-corrected chi connectivity index (χ2v) is 8.99. The predicted octanol–water partition coefficient (Wildman–Crippen LogP) is 6.66. The van der Waals surface area contributed by atoms with Crippen LogP contribution in [-0.4, -0.2) is 22.9 Å². The minimum atomic E-state index is -0.0678. The minimum absolute atomic E-state index is 0.00174. The van der Waals surface area contributed by atoms with E-state index in [9.17, 15) is 0 Å². The fourth-order valence-electron chi connectivity index (χ4n) is 4.10. The summed E-state index contributed by atoms with van der Waals surface area (Å²) in [5.74, 6) is 0.